The SMILES string of the molecule is C#CCC[C@H](NC(C)=O)C(=O)OC. The predicted octanol–water partition coefficient (Wildman–Crippen LogP) is 0.0775. The highest BCUT2D eigenvalue weighted by Gasteiger charge is 2.18. The van der Waals surface area contributed by atoms with Gasteiger partial charge in [-0.1, -0.05) is 0 Å². The van der Waals surface area contributed by atoms with Gasteiger partial charge in [0.05, 0.1) is 7.11 Å². The van der Waals surface area contributed by atoms with E-state index in [0.717, 1.165) is 0 Å². The lowest BCUT2D eigenvalue weighted by molar-refractivity contribution is -0.145. The number of methoxy groups -OCH3 is 1. The molecule has 0 fully saturated rings. The normalized spacial score (nSPS) is 11.2. The molecule has 72 valence electrons. The van der Waals surface area contributed by atoms with Crippen molar-refractivity contribution in [2.45, 2.75) is 25.8 Å². The minimum absolute atomic E-state index is 0.271. The van der Waals surface area contributed by atoms with Gasteiger partial charge >= 0.3 is 5.97 Å². The maximum absolute atomic E-state index is 11.0. The van der Waals surface area contributed by atoms with E-state index >= 15 is 0 Å². The van der Waals surface area contributed by atoms with Crippen LogP contribution in [0.3, 0.4) is 0 Å². The monoisotopic (exact) mass is 183 g/mol. The molecule has 1 amide bonds. The van der Waals surface area contributed by atoms with Crippen LogP contribution in [0.5, 0.6) is 0 Å². The lowest BCUT2D eigenvalue weighted by Gasteiger charge is -2.13. The molecule has 1 N–H and O–H groups in total. The smallest absolute Gasteiger partial charge is 0.328 e. The second-order valence-electron chi connectivity index (χ2n) is 2.52. The molecule has 0 unspecified atom stereocenters. The second kappa shape index (κ2) is 6.06. The molecule has 0 aliphatic carbocycles. The number of rotatable bonds is 4. The fourth-order valence-corrected chi connectivity index (χ4v) is 0.864. The molecule has 0 heterocycles. The summed E-state index contributed by atoms with van der Waals surface area (Å²) in [6.45, 7) is 1.34. The molecule has 0 saturated carbocycles. The molecule has 4 heteroatoms. The van der Waals surface area contributed by atoms with E-state index in [9.17, 15) is 9.59 Å². The van der Waals surface area contributed by atoms with Crippen molar-refractivity contribution in [3.63, 3.8) is 0 Å². The van der Waals surface area contributed by atoms with Crippen molar-refractivity contribution in [1.29, 1.82) is 0 Å². The number of ether oxygens (including phenoxy) is 1. The zero-order valence-corrected chi connectivity index (χ0v) is 7.79. The van der Waals surface area contributed by atoms with Crippen LogP contribution < -0.4 is 5.32 Å². The van der Waals surface area contributed by atoms with Crippen molar-refractivity contribution in [3.8, 4) is 12.3 Å². The molecule has 0 radical (unpaired) electrons. The lowest BCUT2D eigenvalue weighted by atomic mass is 10.1. The number of terminal acetylenes is 1. The average Bonchev–Trinajstić information content (AvgIpc) is 2.10. The van der Waals surface area contributed by atoms with E-state index in [1.54, 1.807) is 0 Å². The quantitative estimate of drug-likeness (QED) is 0.496. The summed E-state index contributed by atoms with van der Waals surface area (Å²) in [6.07, 6.45) is 5.87. The highest BCUT2D eigenvalue weighted by molar-refractivity contribution is 5.83. The second-order valence-corrected chi connectivity index (χ2v) is 2.52. The molecule has 1 atom stereocenters. The van der Waals surface area contributed by atoms with Gasteiger partial charge in [0.15, 0.2) is 0 Å². The van der Waals surface area contributed by atoms with Gasteiger partial charge in [0.25, 0.3) is 0 Å². The van der Waals surface area contributed by atoms with Gasteiger partial charge in [0.2, 0.25) is 5.91 Å². The maximum Gasteiger partial charge on any atom is 0.328 e. The van der Waals surface area contributed by atoms with Crippen molar-refractivity contribution in [1.82, 2.24) is 5.32 Å². The van der Waals surface area contributed by atoms with Crippen LogP contribution in [-0.4, -0.2) is 25.0 Å². The Hall–Kier alpha value is -1.50. The Bertz CT molecular complexity index is 230. The van der Waals surface area contributed by atoms with Gasteiger partial charge in [0.1, 0.15) is 6.04 Å². The third-order valence-electron chi connectivity index (χ3n) is 1.44. The summed E-state index contributed by atoms with van der Waals surface area (Å²) in [6, 6.07) is -0.626. The largest absolute Gasteiger partial charge is 0.467 e. The first-order valence-electron chi connectivity index (χ1n) is 3.90. The highest BCUT2D eigenvalue weighted by Crippen LogP contribution is 1.98. The topological polar surface area (TPSA) is 55.4 Å². The highest BCUT2D eigenvalue weighted by atomic mass is 16.5. The molecule has 0 spiro atoms. The van der Waals surface area contributed by atoms with E-state index < -0.39 is 12.0 Å². The standard InChI is InChI=1S/C9H13NO3/c1-4-5-6-8(9(12)13-3)10-7(2)11/h1,8H,5-6H2,2-3H3,(H,10,11)/t8-/m0/s1. The number of carbonyl (C=O) groups is 2. The number of carbonyl (C=O) groups excluding carboxylic acids is 2. The van der Waals surface area contributed by atoms with Crippen LogP contribution >= 0.6 is 0 Å². The number of amides is 1. The van der Waals surface area contributed by atoms with E-state index in [1.165, 1.54) is 14.0 Å². The Balaban J connectivity index is 4.11. The van der Waals surface area contributed by atoms with Crippen LogP contribution in [-0.2, 0) is 14.3 Å². The third-order valence-corrected chi connectivity index (χ3v) is 1.44. The first-order chi connectivity index (χ1) is 6.11. The van der Waals surface area contributed by atoms with E-state index in [4.69, 9.17) is 6.42 Å². The van der Waals surface area contributed by atoms with E-state index in [2.05, 4.69) is 16.0 Å². The molecule has 0 rings (SSSR count). The van der Waals surface area contributed by atoms with Crippen LogP contribution in [0.15, 0.2) is 0 Å². The van der Waals surface area contributed by atoms with Crippen molar-refractivity contribution < 1.29 is 14.3 Å². The molecule has 0 bridgehead atoms. The maximum atomic E-state index is 11.0. The number of hydrogen-bond acceptors (Lipinski definition) is 3. The molecular weight excluding hydrogens is 170 g/mol. The van der Waals surface area contributed by atoms with Crippen molar-refractivity contribution in [2.24, 2.45) is 0 Å². The molecule has 0 aliphatic rings. The molecule has 0 saturated heterocycles. The molecule has 13 heavy (non-hydrogen) atoms. The van der Waals surface area contributed by atoms with E-state index in [1.807, 2.05) is 0 Å². The van der Waals surface area contributed by atoms with Crippen LogP contribution in [0.25, 0.3) is 0 Å². The summed E-state index contributed by atoms with van der Waals surface area (Å²) < 4.78 is 4.49. The molecule has 0 aromatic heterocycles. The van der Waals surface area contributed by atoms with E-state index in [-0.39, 0.29) is 5.91 Å². The summed E-state index contributed by atoms with van der Waals surface area (Å²) in [4.78, 5) is 21.7. The van der Waals surface area contributed by atoms with Gasteiger partial charge in [-0.2, -0.15) is 0 Å². The Kier molecular flexibility index (Phi) is 5.37. The van der Waals surface area contributed by atoms with Crippen LogP contribution in [0, 0.1) is 12.3 Å². The van der Waals surface area contributed by atoms with Gasteiger partial charge in [-0.3, -0.25) is 4.79 Å². The number of esters is 1. The summed E-state index contributed by atoms with van der Waals surface area (Å²) in [5.41, 5.74) is 0. The average molecular weight is 183 g/mol. The van der Waals surface area contributed by atoms with E-state index in [0.29, 0.717) is 12.8 Å². The van der Waals surface area contributed by atoms with Gasteiger partial charge in [-0.15, -0.1) is 12.3 Å². The van der Waals surface area contributed by atoms with Crippen LogP contribution in [0.1, 0.15) is 19.8 Å². The van der Waals surface area contributed by atoms with Crippen LogP contribution in [0.2, 0.25) is 0 Å². The zero-order chi connectivity index (χ0) is 10.3. The number of nitrogens with one attached hydrogen (secondary N) is 1. The summed E-state index contributed by atoms with van der Waals surface area (Å²) in [5.74, 6) is 1.65. The Labute approximate surface area is 77.6 Å². The van der Waals surface area contributed by atoms with Crippen LogP contribution in [0.4, 0.5) is 0 Å². The fourth-order valence-electron chi connectivity index (χ4n) is 0.864. The molecule has 0 aromatic rings. The molecule has 0 aliphatic heterocycles. The summed E-state index contributed by atoms with van der Waals surface area (Å²) in [7, 11) is 1.27. The minimum atomic E-state index is -0.626. The molecule has 0 aromatic carbocycles. The van der Waals surface area contributed by atoms with Gasteiger partial charge in [-0.05, 0) is 6.42 Å². The minimum Gasteiger partial charge on any atom is -0.467 e. The molecule has 4 nitrogen and oxygen atoms in total. The Morgan fingerprint density at radius 1 is 1.62 bits per heavy atom. The summed E-state index contributed by atoms with van der Waals surface area (Å²) in [5, 5.41) is 2.46. The van der Waals surface area contributed by atoms with Gasteiger partial charge in [-0.25, -0.2) is 4.79 Å². The first kappa shape index (κ1) is 11.5. The predicted molar refractivity (Wildman–Crippen MR) is 47.7 cm³/mol. The van der Waals surface area contributed by atoms with Gasteiger partial charge < -0.3 is 10.1 Å². The zero-order valence-electron chi connectivity index (χ0n) is 7.79. The fraction of sp³-hybridized carbons (Fsp3) is 0.556. The first-order valence-corrected chi connectivity index (χ1v) is 3.90. The number of hydrogen-bond donors (Lipinski definition) is 1. The lowest BCUT2D eigenvalue weighted by Crippen LogP contribution is -2.40. The van der Waals surface area contributed by atoms with Crippen molar-refractivity contribution >= 4 is 11.9 Å². The van der Waals surface area contributed by atoms with Crippen molar-refractivity contribution in [3.05, 3.63) is 0 Å². The van der Waals surface area contributed by atoms with Gasteiger partial charge in [0, 0.05) is 13.3 Å². The third kappa shape index (κ3) is 4.86. The Morgan fingerprint density at radius 2 is 2.23 bits per heavy atom. The molecular formula is C9H13NO3. The Morgan fingerprint density at radius 3 is 2.62 bits per heavy atom. The van der Waals surface area contributed by atoms with Crippen molar-refractivity contribution in [2.75, 3.05) is 7.11 Å². The summed E-state index contributed by atoms with van der Waals surface area (Å²) >= 11 is 0.